The molecule has 0 aromatic rings. The summed E-state index contributed by atoms with van der Waals surface area (Å²) in [6.45, 7) is 15.7. The van der Waals surface area contributed by atoms with Gasteiger partial charge in [0.2, 0.25) is 0 Å². The molecule has 2 atom stereocenters. The monoisotopic (exact) mass is 414 g/mol. The van der Waals surface area contributed by atoms with Crippen LogP contribution in [0, 0.1) is 0 Å². The van der Waals surface area contributed by atoms with E-state index in [1.165, 1.54) is 0 Å². The van der Waals surface area contributed by atoms with Crippen LogP contribution < -0.4 is 0 Å². The maximum absolute atomic E-state index is 5.98. The molecule has 0 bridgehead atoms. The molecule has 8 heteroatoms. The lowest BCUT2D eigenvalue weighted by Gasteiger charge is -2.27. The topological polar surface area (TPSA) is 36.9 Å². The number of hydrogen-bond acceptors (Lipinski definition) is 6. The Bertz CT molecular complexity index is 240. The lowest BCUT2D eigenvalue weighted by molar-refractivity contribution is 0.210. The van der Waals surface area contributed by atoms with Gasteiger partial charge in [0, 0.05) is 26.4 Å². The Labute approximate surface area is 161 Å². The van der Waals surface area contributed by atoms with Gasteiger partial charge in [-0.25, -0.2) is 0 Å². The molecule has 0 saturated heterocycles. The van der Waals surface area contributed by atoms with E-state index in [2.05, 4.69) is 41.5 Å². The summed E-state index contributed by atoms with van der Waals surface area (Å²) in [5.74, 6) is 0. The zero-order valence-electron chi connectivity index (χ0n) is 16.4. The fraction of sp³-hybridized carbons (Fsp3) is 1.00. The first kappa shape index (κ1) is 25.0. The van der Waals surface area contributed by atoms with Gasteiger partial charge in [-0.15, -0.1) is 0 Å². The van der Waals surface area contributed by atoms with Crippen LogP contribution >= 0.6 is 21.6 Å². The third kappa shape index (κ3) is 10.9. The molecule has 0 aliphatic rings. The molecule has 0 aliphatic carbocycles. The zero-order valence-corrected chi connectivity index (χ0v) is 20.4. The number of hydrogen-bond donors (Lipinski definition) is 0. The third-order valence-electron chi connectivity index (χ3n) is 3.38. The van der Waals surface area contributed by atoms with Crippen molar-refractivity contribution in [1.29, 1.82) is 0 Å². The van der Waals surface area contributed by atoms with E-state index in [0.29, 0.717) is 9.75 Å². The molecule has 2 unspecified atom stereocenters. The lowest BCUT2D eigenvalue weighted by Crippen LogP contribution is -2.37. The van der Waals surface area contributed by atoms with Crippen LogP contribution in [0.4, 0.5) is 0 Å². The van der Waals surface area contributed by atoms with Gasteiger partial charge in [0.25, 0.3) is 0 Å². The Morgan fingerprint density at radius 1 is 0.583 bits per heavy atom. The number of rotatable bonds is 17. The van der Waals surface area contributed by atoms with Crippen LogP contribution in [0.15, 0.2) is 0 Å². The molecular formula is C16H38O4S2Si2. The molecule has 0 radical (unpaired) electrons. The smallest absolute Gasteiger partial charge is 0.335 e. The lowest BCUT2D eigenvalue weighted by atomic mass is 10.4. The Hall–Kier alpha value is 0.974. The molecule has 0 spiro atoms. The predicted molar refractivity (Wildman–Crippen MR) is 113 cm³/mol. The molecule has 24 heavy (non-hydrogen) atoms. The van der Waals surface area contributed by atoms with E-state index < -0.39 is 18.6 Å². The fourth-order valence-electron chi connectivity index (χ4n) is 2.35. The van der Waals surface area contributed by atoms with Gasteiger partial charge in [-0.1, -0.05) is 48.3 Å². The first-order valence-electron chi connectivity index (χ1n) is 9.46. The Morgan fingerprint density at radius 3 is 1.08 bits per heavy atom. The predicted octanol–water partition coefficient (Wildman–Crippen LogP) is 4.37. The molecule has 0 heterocycles. The highest BCUT2D eigenvalue weighted by atomic mass is 33.1. The maximum Gasteiger partial charge on any atom is 0.335 e. The quantitative estimate of drug-likeness (QED) is 0.260. The summed E-state index contributed by atoms with van der Waals surface area (Å²) in [4.78, 5) is 0.967. The van der Waals surface area contributed by atoms with Gasteiger partial charge in [0.1, 0.15) is 0 Å². The molecule has 0 N–H and O–H groups in total. The summed E-state index contributed by atoms with van der Waals surface area (Å²) in [5, 5.41) is 0. The van der Waals surface area contributed by atoms with Crippen molar-refractivity contribution >= 4 is 40.2 Å². The Balaban J connectivity index is 4.81. The average Bonchev–Trinajstić information content (AvgIpc) is 2.57. The zero-order chi connectivity index (χ0) is 18.2. The van der Waals surface area contributed by atoms with Crippen molar-refractivity contribution in [2.75, 3.05) is 26.4 Å². The van der Waals surface area contributed by atoms with Crippen molar-refractivity contribution in [3.05, 3.63) is 0 Å². The van der Waals surface area contributed by atoms with E-state index in [1.807, 2.05) is 21.6 Å². The summed E-state index contributed by atoms with van der Waals surface area (Å²) < 4.78 is 23.9. The molecular weight excluding hydrogens is 376 g/mol. The van der Waals surface area contributed by atoms with Crippen molar-refractivity contribution in [1.82, 2.24) is 0 Å². The third-order valence-corrected chi connectivity index (χ3v) is 14.1. The normalized spacial score (nSPS) is 14.5. The molecule has 0 rings (SSSR count). The summed E-state index contributed by atoms with van der Waals surface area (Å²) in [6, 6.07) is 0. The van der Waals surface area contributed by atoms with Gasteiger partial charge < -0.3 is 17.7 Å². The van der Waals surface area contributed by atoms with Gasteiger partial charge in [0.05, 0.1) is 9.75 Å². The standard InChI is InChI=1S/C16H38O4S2Si2/c1-7-13-15(23(17-9-3)18-10-4)21-22-16(14-8-2)24(19-11-5)20-12-6/h15-16,23-24H,7-14H2,1-6H3. The van der Waals surface area contributed by atoms with Gasteiger partial charge in [-0.3, -0.25) is 0 Å². The van der Waals surface area contributed by atoms with Crippen LogP contribution in [0.25, 0.3) is 0 Å². The van der Waals surface area contributed by atoms with E-state index in [1.54, 1.807) is 0 Å². The highest BCUT2D eigenvalue weighted by Gasteiger charge is 2.31. The molecule has 0 saturated carbocycles. The van der Waals surface area contributed by atoms with E-state index >= 15 is 0 Å². The minimum absolute atomic E-state index is 0.483. The summed E-state index contributed by atoms with van der Waals surface area (Å²) in [6.07, 6.45) is 4.64. The second kappa shape index (κ2) is 17.4. The average molecular weight is 415 g/mol. The minimum atomic E-state index is -1.63. The van der Waals surface area contributed by atoms with E-state index in [4.69, 9.17) is 17.7 Å². The van der Waals surface area contributed by atoms with Crippen LogP contribution in [0.3, 0.4) is 0 Å². The minimum Gasteiger partial charge on any atom is -0.396 e. The largest absolute Gasteiger partial charge is 0.396 e. The summed E-state index contributed by atoms with van der Waals surface area (Å²) in [7, 11) is 0.665. The summed E-state index contributed by atoms with van der Waals surface area (Å²) >= 11 is 0. The fourth-order valence-corrected chi connectivity index (χ4v) is 12.8. The SMILES string of the molecule is CCCC(SSC(CCC)[SiH](OCC)OCC)[SiH](OCC)OCC. The molecule has 0 fully saturated rings. The van der Waals surface area contributed by atoms with Crippen molar-refractivity contribution in [3.8, 4) is 0 Å². The van der Waals surface area contributed by atoms with Gasteiger partial charge in [0.15, 0.2) is 0 Å². The van der Waals surface area contributed by atoms with Gasteiger partial charge in [-0.05, 0) is 40.5 Å². The Kier molecular flexibility index (Phi) is 18.1. The second-order valence-electron chi connectivity index (χ2n) is 5.40. The van der Waals surface area contributed by atoms with Crippen molar-refractivity contribution in [2.45, 2.75) is 77.0 Å². The van der Waals surface area contributed by atoms with E-state index in [0.717, 1.165) is 52.1 Å². The second-order valence-corrected chi connectivity index (χ2v) is 13.5. The van der Waals surface area contributed by atoms with E-state index in [-0.39, 0.29) is 0 Å². The van der Waals surface area contributed by atoms with Crippen LogP contribution in [0.1, 0.15) is 67.2 Å². The van der Waals surface area contributed by atoms with E-state index in [9.17, 15) is 0 Å². The Morgan fingerprint density at radius 2 is 0.875 bits per heavy atom. The summed E-state index contributed by atoms with van der Waals surface area (Å²) in [5.41, 5.74) is 0. The molecule has 0 aliphatic heterocycles. The molecule has 146 valence electrons. The van der Waals surface area contributed by atoms with Crippen LogP contribution in [-0.4, -0.2) is 54.7 Å². The van der Waals surface area contributed by atoms with Crippen molar-refractivity contribution < 1.29 is 17.7 Å². The van der Waals surface area contributed by atoms with Crippen LogP contribution in [0.5, 0.6) is 0 Å². The van der Waals surface area contributed by atoms with Gasteiger partial charge >= 0.3 is 18.6 Å². The van der Waals surface area contributed by atoms with Crippen LogP contribution in [-0.2, 0) is 17.7 Å². The molecule has 0 aromatic heterocycles. The first-order valence-corrected chi connectivity index (χ1v) is 15.0. The highest BCUT2D eigenvalue weighted by molar-refractivity contribution is 8.77. The molecule has 0 aromatic carbocycles. The van der Waals surface area contributed by atoms with Crippen LogP contribution in [0.2, 0.25) is 0 Å². The van der Waals surface area contributed by atoms with Crippen molar-refractivity contribution in [3.63, 3.8) is 0 Å². The van der Waals surface area contributed by atoms with Crippen molar-refractivity contribution in [2.24, 2.45) is 0 Å². The van der Waals surface area contributed by atoms with Gasteiger partial charge in [-0.2, -0.15) is 0 Å². The first-order chi connectivity index (χ1) is 11.7. The molecule has 4 nitrogen and oxygen atoms in total. The highest BCUT2D eigenvalue weighted by Crippen LogP contribution is 2.38. The molecule has 0 amide bonds. The maximum atomic E-state index is 5.98.